The van der Waals surface area contributed by atoms with Gasteiger partial charge in [-0.15, -0.1) is 0 Å². The smallest absolute Gasteiger partial charge is 0.388 e. The summed E-state index contributed by atoms with van der Waals surface area (Å²) in [4.78, 5) is 0. The van der Waals surface area contributed by atoms with E-state index in [4.69, 9.17) is 0 Å². The Kier molecular flexibility index (Phi) is 3.80. The molecule has 0 radical (unpaired) electrons. The first-order valence-corrected chi connectivity index (χ1v) is 5.79. The number of aryl methyl sites for hydroxylation is 1. The van der Waals surface area contributed by atoms with Crippen LogP contribution < -0.4 is 0 Å². The third-order valence-electron chi connectivity index (χ3n) is 2.87. The van der Waals surface area contributed by atoms with Crippen LogP contribution in [0.5, 0.6) is 0 Å². The van der Waals surface area contributed by atoms with E-state index < -0.39 is 23.7 Å². The molecule has 1 heterocycles. The second-order valence-corrected chi connectivity index (χ2v) is 4.48. The molecule has 1 atom stereocenters. The van der Waals surface area contributed by atoms with E-state index in [0.29, 0.717) is 23.8 Å². The first-order chi connectivity index (χ1) is 9.27. The molecule has 0 bridgehead atoms. The van der Waals surface area contributed by atoms with E-state index in [2.05, 4.69) is 5.10 Å². The molecule has 2 rings (SSSR count). The summed E-state index contributed by atoms with van der Waals surface area (Å²) in [5, 5.41) is 13.8. The van der Waals surface area contributed by atoms with Crippen LogP contribution in [0.2, 0.25) is 0 Å². The van der Waals surface area contributed by atoms with Crippen molar-refractivity contribution in [2.24, 2.45) is 7.05 Å². The fraction of sp³-hybridized carbons (Fsp3) is 0.308. The highest BCUT2D eigenvalue weighted by atomic mass is 19.4. The van der Waals surface area contributed by atoms with E-state index in [1.807, 2.05) is 0 Å². The molecule has 0 saturated carbocycles. The summed E-state index contributed by atoms with van der Waals surface area (Å²) in [6.07, 6.45) is -2.87. The van der Waals surface area contributed by atoms with Crippen molar-refractivity contribution in [3.63, 3.8) is 0 Å². The lowest BCUT2D eigenvalue weighted by atomic mass is 10.0. The van der Waals surface area contributed by atoms with Crippen LogP contribution in [0.3, 0.4) is 0 Å². The maximum atomic E-state index is 13.6. The minimum atomic E-state index is -4.57. The van der Waals surface area contributed by atoms with E-state index in [1.165, 1.54) is 10.9 Å². The number of halogens is 4. The van der Waals surface area contributed by atoms with Crippen molar-refractivity contribution in [2.45, 2.75) is 18.7 Å². The van der Waals surface area contributed by atoms with E-state index in [0.717, 1.165) is 0 Å². The number of aromatic nitrogens is 2. The molecule has 108 valence electrons. The lowest BCUT2D eigenvalue weighted by Gasteiger charge is -2.14. The van der Waals surface area contributed by atoms with Crippen LogP contribution in [0.25, 0.3) is 0 Å². The first kappa shape index (κ1) is 14.5. The van der Waals surface area contributed by atoms with Crippen LogP contribution in [-0.2, 0) is 19.6 Å². The molecule has 7 heteroatoms. The van der Waals surface area contributed by atoms with Crippen molar-refractivity contribution in [3.05, 3.63) is 53.1 Å². The zero-order chi connectivity index (χ0) is 14.9. The Hall–Kier alpha value is -1.89. The molecule has 0 aliphatic carbocycles. The third kappa shape index (κ3) is 3.16. The fourth-order valence-corrected chi connectivity index (χ4v) is 1.89. The second kappa shape index (κ2) is 5.24. The van der Waals surface area contributed by atoms with Gasteiger partial charge < -0.3 is 5.11 Å². The molecule has 0 aliphatic heterocycles. The standard InChI is InChI=1S/C13H12F4N2O/c1-19-7-8(6-18-19)4-12(20)10-5-9(13(15,16)17)2-3-11(10)14/h2-3,5-7,12,20H,4H2,1H3. The van der Waals surface area contributed by atoms with Crippen LogP contribution in [0.1, 0.15) is 22.8 Å². The maximum absolute atomic E-state index is 13.6. The molecule has 2 aromatic rings. The molecule has 1 aromatic heterocycles. The average molecular weight is 288 g/mol. The van der Waals surface area contributed by atoms with E-state index in [9.17, 15) is 22.7 Å². The Morgan fingerprint density at radius 2 is 2.05 bits per heavy atom. The minimum Gasteiger partial charge on any atom is -0.388 e. The van der Waals surface area contributed by atoms with Crippen LogP contribution in [0, 0.1) is 5.82 Å². The summed E-state index contributed by atoms with van der Waals surface area (Å²) in [6.45, 7) is 0. The number of nitrogens with zero attached hydrogens (tertiary/aromatic N) is 2. The van der Waals surface area contributed by atoms with Crippen molar-refractivity contribution in [3.8, 4) is 0 Å². The molecule has 1 aromatic carbocycles. The molecule has 1 unspecified atom stereocenters. The number of hydrogen-bond donors (Lipinski definition) is 1. The summed E-state index contributed by atoms with van der Waals surface area (Å²) >= 11 is 0. The SMILES string of the molecule is Cn1cc(CC(O)c2cc(C(F)(F)F)ccc2F)cn1. The summed E-state index contributed by atoms with van der Waals surface area (Å²) in [6, 6.07) is 2.00. The van der Waals surface area contributed by atoms with Gasteiger partial charge in [0.15, 0.2) is 0 Å². The number of alkyl halides is 3. The molecule has 0 amide bonds. The van der Waals surface area contributed by atoms with E-state index >= 15 is 0 Å². The van der Waals surface area contributed by atoms with Crippen molar-refractivity contribution in [1.82, 2.24) is 9.78 Å². The van der Waals surface area contributed by atoms with Gasteiger partial charge in [0.05, 0.1) is 17.9 Å². The van der Waals surface area contributed by atoms with Crippen molar-refractivity contribution >= 4 is 0 Å². The molecule has 0 spiro atoms. The van der Waals surface area contributed by atoms with Crippen LogP contribution in [-0.4, -0.2) is 14.9 Å². The first-order valence-electron chi connectivity index (χ1n) is 5.79. The van der Waals surface area contributed by atoms with Gasteiger partial charge >= 0.3 is 6.18 Å². The summed E-state index contributed by atoms with van der Waals surface area (Å²) in [5.41, 5.74) is -0.750. The average Bonchev–Trinajstić information content (AvgIpc) is 2.73. The molecule has 1 N–H and O–H groups in total. The van der Waals surface area contributed by atoms with Crippen LogP contribution in [0.15, 0.2) is 30.6 Å². The normalized spacial score (nSPS) is 13.5. The molecule has 3 nitrogen and oxygen atoms in total. The Bertz CT molecular complexity index is 607. The molecule has 20 heavy (non-hydrogen) atoms. The van der Waals surface area contributed by atoms with Gasteiger partial charge in [0, 0.05) is 25.2 Å². The third-order valence-corrected chi connectivity index (χ3v) is 2.87. The van der Waals surface area contributed by atoms with Crippen LogP contribution in [0.4, 0.5) is 17.6 Å². The highest BCUT2D eigenvalue weighted by molar-refractivity contribution is 5.29. The van der Waals surface area contributed by atoms with Gasteiger partial charge in [-0.1, -0.05) is 0 Å². The predicted octanol–water partition coefficient (Wildman–Crippen LogP) is 2.85. The van der Waals surface area contributed by atoms with Crippen LogP contribution >= 0.6 is 0 Å². The van der Waals surface area contributed by atoms with Crippen molar-refractivity contribution < 1.29 is 22.7 Å². The quantitative estimate of drug-likeness (QED) is 0.882. The van der Waals surface area contributed by atoms with Gasteiger partial charge in [0.25, 0.3) is 0 Å². The molecular formula is C13H12F4N2O. The van der Waals surface area contributed by atoms with Gasteiger partial charge in [-0.25, -0.2) is 4.39 Å². The largest absolute Gasteiger partial charge is 0.416 e. The number of benzene rings is 1. The maximum Gasteiger partial charge on any atom is 0.416 e. The summed E-state index contributed by atoms with van der Waals surface area (Å²) in [5.74, 6) is -0.866. The molecule has 0 aliphatic rings. The lowest BCUT2D eigenvalue weighted by Crippen LogP contribution is -2.10. The Morgan fingerprint density at radius 1 is 1.35 bits per heavy atom. The Labute approximate surface area is 112 Å². The van der Waals surface area contributed by atoms with Crippen molar-refractivity contribution in [2.75, 3.05) is 0 Å². The highest BCUT2D eigenvalue weighted by Gasteiger charge is 2.31. The molecular weight excluding hydrogens is 276 g/mol. The van der Waals surface area contributed by atoms with E-state index in [-0.39, 0.29) is 12.0 Å². The van der Waals surface area contributed by atoms with Gasteiger partial charge in [-0.05, 0) is 23.8 Å². The van der Waals surface area contributed by atoms with Gasteiger partial charge in [-0.3, -0.25) is 4.68 Å². The monoisotopic (exact) mass is 288 g/mol. The number of aliphatic hydroxyl groups excluding tert-OH is 1. The topological polar surface area (TPSA) is 38.0 Å². The number of aliphatic hydroxyl groups is 1. The molecule has 0 saturated heterocycles. The lowest BCUT2D eigenvalue weighted by molar-refractivity contribution is -0.137. The highest BCUT2D eigenvalue weighted by Crippen LogP contribution is 2.32. The zero-order valence-electron chi connectivity index (χ0n) is 10.5. The summed E-state index contributed by atoms with van der Waals surface area (Å²) in [7, 11) is 1.67. The van der Waals surface area contributed by atoms with E-state index in [1.54, 1.807) is 13.2 Å². The molecule has 0 fully saturated rings. The minimum absolute atomic E-state index is 0.00787. The van der Waals surface area contributed by atoms with Gasteiger partial charge in [-0.2, -0.15) is 18.3 Å². The van der Waals surface area contributed by atoms with Gasteiger partial charge in [0.2, 0.25) is 0 Å². The predicted molar refractivity (Wildman–Crippen MR) is 63.3 cm³/mol. The summed E-state index contributed by atoms with van der Waals surface area (Å²) < 4.78 is 52.8. The second-order valence-electron chi connectivity index (χ2n) is 4.48. The number of rotatable bonds is 3. The van der Waals surface area contributed by atoms with Gasteiger partial charge in [0.1, 0.15) is 5.82 Å². The number of hydrogen-bond acceptors (Lipinski definition) is 2. The zero-order valence-corrected chi connectivity index (χ0v) is 10.5. The Balaban J connectivity index is 2.27. The van der Waals surface area contributed by atoms with Crippen molar-refractivity contribution in [1.29, 1.82) is 0 Å². The fourth-order valence-electron chi connectivity index (χ4n) is 1.89. The Morgan fingerprint density at radius 3 is 2.60 bits per heavy atom.